The van der Waals surface area contributed by atoms with E-state index in [9.17, 15) is 4.79 Å². The molecule has 2 aromatic rings. The fourth-order valence-electron chi connectivity index (χ4n) is 2.16. The Balaban J connectivity index is 1.60. The van der Waals surface area contributed by atoms with E-state index in [2.05, 4.69) is 46.2 Å². The number of hydrogen-bond donors (Lipinski definition) is 2. The van der Waals surface area contributed by atoms with Crippen molar-refractivity contribution in [2.24, 2.45) is 0 Å². The number of carbonyl (C=O) groups is 1. The van der Waals surface area contributed by atoms with E-state index in [1.807, 2.05) is 6.07 Å². The van der Waals surface area contributed by atoms with Gasteiger partial charge in [0.2, 0.25) is 0 Å². The van der Waals surface area contributed by atoms with Gasteiger partial charge < -0.3 is 10.6 Å². The normalized spacial score (nSPS) is 15.7. The van der Waals surface area contributed by atoms with Gasteiger partial charge in [0.15, 0.2) is 5.69 Å². The number of thiophene rings is 1. The monoisotopic (exact) mass is 305 g/mol. The van der Waals surface area contributed by atoms with Crippen molar-refractivity contribution in [3.05, 3.63) is 34.3 Å². The molecule has 1 fully saturated rings. The summed E-state index contributed by atoms with van der Waals surface area (Å²) < 4.78 is 1.76. The van der Waals surface area contributed by atoms with Gasteiger partial charge >= 0.3 is 0 Å². The molecule has 0 aliphatic carbocycles. The van der Waals surface area contributed by atoms with E-state index in [4.69, 9.17) is 0 Å². The number of nitrogens with one attached hydrogen (secondary N) is 2. The van der Waals surface area contributed by atoms with Crippen LogP contribution in [0.3, 0.4) is 0 Å². The molecule has 0 saturated carbocycles. The second kappa shape index (κ2) is 5.57. The highest BCUT2D eigenvalue weighted by molar-refractivity contribution is 7.10. The number of amides is 1. The molecule has 0 spiro atoms. The first kappa shape index (κ1) is 14.2. The van der Waals surface area contributed by atoms with Gasteiger partial charge in [-0.3, -0.25) is 4.79 Å². The van der Waals surface area contributed by atoms with Crippen LogP contribution >= 0.6 is 11.3 Å². The molecule has 3 heterocycles. The van der Waals surface area contributed by atoms with E-state index in [1.165, 1.54) is 4.88 Å². The number of nitrogens with zero attached hydrogens (tertiary/aromatic N) is 3. The molecule has 1 aliphatic heterocycles. The van der Waals surface area contributed by atoms with Crippen LogP contribution in [0.2, 0.25) is 0 Å². The molecule has 7 heteroatoms. The molecule has 0 atom stereocenters. The Labute approximate surface area is 127 Å². The lowest BCUT2D eigenvalue weighted by Gasteiger charge is -2.26. The maximum atomic E-state index is 12.2. The Bertz CT molecular complexity index is 615. The summed E-state index contributed by atoms with van der Waals surface area (Å²) in [6.07, 6.45) is 1.72. The zero-order chi connectivity index (χ0) is 14.9. The molecule has 2 N–H and O–H groups in total. The molecule has 0 radical (unpaired) electrons. The van der Waals surface area contributed by atoms with Crippen LogP contribution in [0.4, 0.5) is 0 Å². The summed E-state index contributed by atoms with van der Waals surface area (Å²) in [7, 11) is 0. The molecule has 0 aromatic carbocycles. The van der Waals surface area contributed by atoms with Crippen molar-refractivity contribution < 1.29 is 4.79 Å². The van der Waals surface area contributed by atoms with Crippen molar-refractivity contribution in [2.45, 2.75) is 25.3 Å². The molecule has 1 aliphatic rings. The third-order valence-electron chi connectivity index (χ3n) is 3.76. The van der Waals surface area contributed by atoms with Crippen LogP contribution < -0.4 is 10.6 Å². The van der Waals surface area contributed by atoms with E-state index in [-0.39, 0.29) is 11.3 Å². The molecular formula is C14H19N5OS. The zero-order valence-electron chi connectivity index (χ0n) is 12.2. The Morgan fingerprint density at radius 1 is 1.57 bits per heavy atom. The first-order chi connectivity index (χ1) is 10.1. The molecule has 2 aromatic heterocycles. The van der Waals surface area contributed by atoms with Gasteiger partial charge in [-0.15, -0.1) is 16.4 Å². The van der Waals surface area contributed by atoms with E-state index in [1.54, 1.807) is 22.2 Å². The van der Waals surface area contributed by atoms with E-state index >= 15 is 0 Å². The minimum Gasteiger partial charge on any atom is -0.350 e. The van der Waals surface area contributed by atoms with Crippen LogP contribution in [0.25, 0.3) is 0 Å². The Morgan fingerprint density at radius 2 is 2.38 bits per heavy atom. The predicted octanol–water partition coefficient (Wildman–Crippen LogP) is 1.19. The SMILES string of the molecule is CC(C)(CNC(=O)c1cn(C2CNC2)nn1)c1cccs1. The maximum Gasteiger partial charge on any atom is 0.273 e. The highest BCUT2D eigenvalue weighted by atomic mass is 32.1. The highest BCUT2D eigenvalue weighted by Gasteiger charge is 2.25. The number of carbonyl (C=O) groups excluding carboxylic acids is 1. The lowest BCUT2D eigenvalue weighted by molar-refractivity contribution is 0.0941. The standard InChI is InChI=1S/C14H19N5OS/c1-14(2,12-4-3-5-21-12)9-16-13(20)11-8-19(18-17-11)10-6-15-7-10/h3-5,8,10,15H,6-7,9H2,1-2H3,(H,16,20). The minimum absolute atomic E-state index is 0.0856. The van der Waals surface area contributed by atoms with Gasteiger partial charge in [0.25, 0.3) is 5.91 Å². The summed E-state index contributed by atoms with van der Waals surface area (Å²) >= 11 is 1.71. The molecule has 1 saturated heterocycles. The van der Waals surface area contributed by atoms with Crippen LogP contribution in [-0.4, -0.2) is 40.5 Å². The fraction of sp³-hybridized carbons (Fsp3) is 0.500. The van der Waals surface area contributed by atoms with Crippen molar-refractivity contribution in [1.82, 2.24) is 25.6 Å². The Morgan fingerprint density at radius 3 is 3.00 bits per heavy atom. The van der Waals surface area contributed by atoms with Gasteiger partial charge in [0, 0.05) is 29.9 Å². The van der Waals surface area contributed by atoms with Crippen LogP contribution in [0.15, 0.2) is 23.7 Å². The average molecular weight is 305 g/mol. The Kier molecular flexibility index (Phi) is 3.77. The molecular weight excluding hydrogens is 286 g/mol. The quantitative estimate of drug-likeness (QED) is 0.870. The fourth-order valence-corrected chi connectivity index (χ4v) is 3.01. The summed E-state index contributed by atoms with van der Waals surface area (Å²) in [6.45, 7) is 6.59. The second-order valence-corrected chi connectivity index (χ2v) is 6.89. The summed E-state index contributed by atoms with van der Waals surface area (Å²) in [5.74, 6) is -0.168. The Hall–Kier alpha value is -1.73. The van der Waals surface area contributed by atoms with Gasteiger partial charge in [-0.1, -0.05) is 25.1 Å². The van der Waals surface area contributed by atoms with Gasteiger partial charge in [-0.25, -0.2) is 4.68 Å². The van der Waals surface area contributed by atoms with Crippen molar-refractivity contribution in [1.29, 1.82) is 0 Å². The van der Waals surface area contributed by atoms with Crippen molar-refractivity contribution >= 4 is 17.2 Å². The summed E-state index contributed by atoms with van der Waals surface area (Å²) in [5, 5.41) is 16.2. The smallest absolute Gasteiger partial charge is 0.273 e. The first-order valence-corrected chi connectivity index (χ1v) is 7.89. The van der Waals surface area contributed by atoms with Crippen LogP contribution in [0.1, 0.15) is 35.3 Å². The van der Waals surface area contributed by atoms with E-state index < -0.39 is 0 Å². The van der Waals surface area contributed by atoms with Crippen LogP contribution in [0, 0.1) is 0 Å². The van der Waals surface area contributed by atoms with Crippen LogP contribution in [-0.2, 0) is 5.41 Å². The third kappa shape index (κ3) is 2.98. The molecule has 6 nitrogen and oxygen atoms in total. The van der Waals surface area contributed by atoms with Gasteiger partial charge in [-0.2, -0.15) is 0 Å². The zero-order valence-corrected chi connectivity index (χ0v) is 13.0. The predicted molar refractivity (Wildman–Crippen MR) is 81.6 cm³/mol. The molecule has 1 amide bonds. The average Bonchev–Trinajstić information content (AvgIpc) is 3.05. The number of aromatic nitrogens is 3. The lowest BCUT2D eigenvalue weighted by Crippen LogP contribution is -2.43. The van der Waals surface area contributed by atoms with Gasteiger partial charge in [-0.05, 0) is 11.4 Å². The topological polar surface area (TPSA) is 71.8 Å². The first-order valence-electron chi connectivity index (χ1n) is 7.01. The molecule has 0 unspecified atom stereocenters. The molecule has 112 valence electrons. The number of hydrogen-bond acceptors (Lipinski definition) is 5. The van der Waals surface area contributed by atoms with E-state index in [0.717, 1.165) is 13.1 Å². The molecule has 21 heavy (non-hydrogen) atoms. The van der Waals surface area contributed by atoms with Crippen LogP contribution in [0.5, 0.6) is 0 Å². The summed E-state index contributed by atoms with van der Waals surface area (Å²) in [5.41, 5.74) is 0.293. The summed E-state index contributed by atoms with van der Waals surface area (Å²) in [6, 6.07) is 4.44. The van der Waals surface area contributed by atoms with Gasteiger partial charge in [0.1, 0.15) is 0 Å². The van der Waals surface area contributed by atoms with Crippen molar-refractivity contribution in [3.63, 3.8) is 0 Å². The summed E-state index contributed by atoms with van der Waals surface area (Å²) in [4.78, 5) is 13.4. The third-order valence-corrected chi connectivity index (χ3v) is 4.99. The minimum atomic E-state index is -0.168. The van der Waals surface area contributed by atoms with Crippen molar-refractivity contribution in [2.75, 3.05) is 19.6 Å². The molecule has 0 bridgehead atoms. The van der Waals surface area contributed by atoms with Gasteiger partial charge in [0.05, 0.1) is 12.2 Å². The maximum absolute atomic E-state index is 12.2. The largest absolute Gasteiger partial charge is 0.350 e. The molecule has 3 rings (SSSR count). The van der Waals surface area contributed by atoms with E-state index in [0.29, 0.717) is 18.3 Å². The van der Waals surface area contributed by atoms with Crippen molar-refractivity contribution in [3.8, 4) is 0 Å². The second-order valence-electron chi connectivity index (χ2n) is 5.94. The highest BCUT2D eigenvalue weighted by Crippen LogP contribution is 2.26. The lowest BCUT2D eigenvalue weighted by atomic mass is 9.91. The number of rotatable bonds is 5.